The van der Waals surface area contributed by atoms with Crippen LogP contribution < -0.4 is 4.74 Å². The van der Waals surface area contributed by atoms with Crippen molar-refractivity contribution in [2.45, 2.75) is 13.3 Å². The van der Waals surface area contributed by atoms with E-state index >= 15 is 0 Å². The van der Waals surface area contributed by atoms with Crippen LogP contribution in [0.15, 0.2) is 18.2 Å². The molecule has 1 aromatic carbocycles. The second-order valence-corrected chi connectivity index (χ2v) is 4.08. The zero-order valence-corrected chi connectivity index (χ0v) is 10.1. The van der Waals surface area contributed by atoms with Gasteiger partial charge in [0, 0.05) is 10.5 Å². The van der Waals surface area contributed by atoms with Crippen molar-refractivity contribution < 1.29 is 19.4 Å². The monoisotopic (exact) mass is 320 g/mol. The van der Waals surface area contributed by atoms with Crippen molar-refractivity contribution in [3.8, 4) is 5.75 Å². The number of benzene rings is 1. The van der Waals surface area contributed by atoms with Crippen molar-refractivity contribution in [1.82, 2.24) is 0 Å². The van der Waals surface area contributed by atoms with Crippen LogP contribution in [0, 0.1) is 3.57 Å². The molecule has 0 fully saturated rings. The van der Waals surface area contributed by atoms with E-state index in [1.165, 1.54) is 6.92 Å². The number of aliphatic carboxylic acids is 1. The molecule has 4 nitrogen and oxygen atoms in total. The molecule has 0 saturated heterocycles. The van der Waals surface area contributed by atoms with Gasteiger partial charge in [-0.3, -0.25) is 9.59 Å². The van der Waals surface area contributed by atoms with Gasteiger partial charge >= 0.3 is 11.9 Å². The predicted molar refractivity (Wildman–Crippen MR) is 61.8 cm³/mol. The van der Waals surface area contributed by atoms with Gasteiger partial charge in [0.1, 0.15) is 5.75 Å². The summed E-state index contributed by atoms with van der Waals surface area (Å²) in [6, 6.07) is 4.92. The van der Waals surface area contributed by atoms with E-state index in [0.717, 1.165) is 3.57 Å². The molecular weight excluding hydrogens is 311 g/mol. The summed E-state index contributed by atoms with van der Waals surface area (Å²) in [6.45, 7) is 1.30. The number of carbonyl (C=O) groups is 2. The molecule has 0 aliphatic heterocycles. The number of carbonyl (C=O) groups excluding carboxylic acids is 1. The Labute approximate surface area is 100 Å². The minimum Gasteiger partial charge on any atom is -0.481 e. The first-order chi connectivity index (χ1) is 6.99. The van der Waals surface area contributed by atoms with Crippen molar-refractivity contribution in [1.29, 1.82) is 0 Å². The van der Waals surface area contributed by atoms with Gasteiger partial charge in [0.05, 0.1) is 6.42 Å². The van der Waals surface area contributed by atoms with Crippen LogP contribution in [0.2, 0.25) is 0 Å². The van der Waals surface area contributed by atoms with Crippen molar-refractivity contribution in [2.75, 3.05) is 0 Å². The number of hydrogen-bond donors (Lipinski definition) is 1. The zero-order chi connectivity index (χ0) is 11.4. The van der Waals surface area contributed by atoms with Gasteiger partial charge < -0.3 is 9.84 Å². The Morgan fingerprint density at radius 2 is 2.13 bits per heavy atom. The topological polar surface area (TPSA) is 63.6 Å². The smallest absolute Gasteiger partial charge is 0.308 e. The Bertz CT molecular complexity index is 400. The number of rotatable bonds is 3. The van der Waals surface area contributed by atoms with E-state index in [2.05, 4.69) is 0 Å². The largest absolute Gasteiger partial charge is 0.481 e. The first-order valence-corrected chi connectivity index (χ1v) is 5.25. The molecule has 0 aliphatic carbocycles. The zero-order valence-electron chi connectivity index (χ0n) is 7.99. The molecular formula is C10H9IO4. The number of carboxylic acids is 1. The third-order valence-electron chi connectivity index (χ3n) is 1.62. The van der Waals surface area contributed by atoms with Crippen LogP contribution in [0.1, 0.15) is 12.5 Å². The van der Waals surface area contributed by atoms with Gasteiger partial charge in [-0.2, -0.15) is 0 Å². The summed E-state index contributed by atoms with van der Waals surface area (Å²) >= 11 is 2.04. The summed E-state index contributed by atoms with van der Waals surface area (Å²) in [6.07, 6.45) is -0.0760. The van der Waals surface area contributed by atoms with Crippen molar-refractivity contribution >= 4 is 34.5 Å². The maximum absolute atomic E-state index is 10.7. The summed E-state index contributed by atoms with van der Waals surface area (Å²) in [4.78, 5) is 21.2. The average molecular weight is 320 g/mol. The standard InChI is InChI=1S/C10H9IO4/c1-6(12)15-8-2-3-9(11)7(4-8)5-10(13)14/h2-4H,5H2,1H3,(H,13,14). The molecule has 0 aliphatic rings. The second kappa shape index (κ2) is 5.11. The molecule has 0 bridgehead atoms. The van der Waals surface area contributed by atoms with E-state index in [4.69, 9.17) is 9.84 Å². The van der Waals surface area contributed by atoms with Gasteiger partial charge in [-0.15, -0.1) is 0 Å². The molecule has 0 radical (unpaired) electrons. The van der Waals surface area contributed by atoms with E-state index in [-0.39, 0.29) is 6.42 Å². The van der Waals surface area contributed by atoms with Gasteiger partial charge in [-0.25, -0.2) is 0 Å². The molecule has 15 heavy (non-hydrogen) atoms. The Morgan fingerprint density at radius 3 is 2.67 bits per heavy atom. The molecule has 1 N–H and O–H groups in total. The number of halogens is 1. The van der Waals surface area contributed by atoms with Crippen LogP contribution >= 0.6 is 22.6 Å². The van der Waals surface area contributed by atoms with Gasteiger partial charge in [0.25, 0.3) is 0 Å². The maximum atomic E-state index is 10.7. The first-order valence-electron chi connectivity index (χ1n) is 4.17. The molecule has 1 aromatic rings. The Morgan fingerprint density at radius 1 is 1.47 bits per heavy atom. The molecule has 0 amide bonds. The molecule has 0 unspecified atom stereocenters. The molecule has 0 saturated carbocycles. The first kappa shape index (κ1) is 12.0. The fraction of sp³-hybridized carbons (Fsp3) is 0.200. The van der Waals surface area contributed by atoms with E-state index in [1.807, 2.05) is 22.6 Å². The van der Waals surface area contributed by atoms with E-state index in [1.54, 1.807) is 18.2 Å². The number of hydrogen-bond acceptors (Lipinski definition) is 3. The van der Waals surface area contributed by atoms with Crippen molar-refractivity contribution in [3.05, 3.63) is 27.3 Å². The van der Waals surface area contributed by atoms with Crippen LogP contribution in [0.3, 0.4) is 0 Å². The minimum absolute atomic E-state index is 0.0760. The number of carboxylic acid groups (broad SMARTS) is 1. The third kappa shape index (κ3) is 3.86. The summed E-state index contributed by atoms with van der Waals surface area (Å²) in [5.41, 5.74) is 0.641. The molecule has 0 spiro atoms. The molecule has 0 heterocycles. The normalized spacial score (nSPS) is 9.73. The average Bonchev–Trinajstić information content (AvgIpc) is 2.09. The Hall–Kier alpha value is -1.11. The molecule has 80 valence electrons. The van der Waals surface area contributed by atoms with Gasteiger partial charge in [0.2, 0.25) is 0 Å². The summed E-state index contributed by atoms with van der Waals surface area (Å²) in [5, 5.41) is 8.65. The van der Waals surface area contributed by atoms with Gasteiger partial charge in [-0.05, 0) is 46.4 Å². The highest BCUT2D eigenvalue weighted by molar-refractivity contribution is 14.1. The van der Waals surface area contributed by atoms with Crippen LogP contribution in [0.5, 0.6) is 5.75 Å². The molecule has 0 atom stereocenters. The lowest BCUT2D eigenvalue weighted by Crippen LogP contribution is -2.05. The highest BCUT2D eigenvalue weighted by Gasteiger charge is 2.07. The highest BCUT2D eigenvalue weighted by Crippen LogP contribution is 2.20. The second-order valence-electron chi connectivity index (χ2n) is 2.92. The SMILES string of the molecule is CC(=O)Oc1ccc(I)c(CC(=O)O)c1. The predicted octanol–water partition coefficient (Wildman–Crippen LogP) is 1.84. The van der Waals surface area contributed by atoms with Crippen LogP contribution in [-0.2, 0) is 16.0 Å². The van der Waals surface area contributed by atoms with Crippen LogP contribution in [-0.4, -0.2) is 17.0 Å². The Kier molecular flexibility index (Phi) is 4.07. The van der Waals surface area contributed by atoms with E-state index in [0.29, 0.717) is 11.3 Å². The lowest BCUT2D eigenvalue weighted by atomic mass is 10.1. The van der Waals surface area contributed by atoms with E-state index in [9.17, 15) is 9.59 Å². The number of ether oxygens (including phenoxy) is 1. The fourth-order valence-corrected chi connectivity index (χ4v) is 1.61. The minimum atomic E-state index is -0.909. The maximum Gasteiger partial charge on any atom is 0.308 e. The quantitative estimate of drug-likeness (QED) is 0.524. The third-order valence-corrected chi connectivity index (χ3v) is 2.67. The lowest BCUT2D eigenvalue weighted by molar-refractivity contribution is -0.136. The molecule has 1 rings (SSSR count). The van der Waals surface area contributed by atoms with Gasteiger partial charge in [-0.1, -0.05) is 0 Å². The molecule has 5 heteroatoms. The highest BCUT2D eigenvalue weighted by atomic mass is 127. The summed E-state index contributed by atoms with van der Waals surface area (Å²) in [5.74, 6) is -0.954. The molecule has 0 aromatic heterocycles. The lowest BCUT2D eigenvalue weighted by Gasteiger charge is -2.05. The summed E-state index contributed by atoms with van der Waals surface area (Å²) in [7, 11) is 0. The Balaban J connectivity index is 2.94. The van der Waals surface area contributed by atoms with Crippen molar-refractivity contribution in [2.24, 2.45) is 0 Å². The van der Waals surface area contributed by atoms with Gasteiger partial charge in [0.15, 0.2) is 0 Å². The van der Waals surface area contributed by atoms with Crippen LogP contribution in [0.25, 0.3) is 0 Å². The van der Waals surface area contributed by atoms with Crippen molar-refractivity contribution in [3.63, 3.8) is 0 Å². The van der Waals surface area contributed by atoms with Crippen LogP contribution in [0.4, 0.5) is 0 Å². The number of esters is 1. The fourth-order valence-electron chi connectivity index (χ4n) is 1.08. The summed E-state index contributed by atoms with van der Waals surface area (Å²) < 4.78 is 5.70. The van der Waals surface area contributed by atoms with E-state index < -0.39 is 11.9 Å².